The zero-order valence-electron chi connectivity index (χ0n) is 18.5. The first kappa shape index (κ1) is 21.8. The lowest BCUT2D eigenvalue weighted by molar-refractivity contribution is 0.0580. The van der Waals surface area contributed by atoms with Gasteiger partial charge in [-0.15, -0.1) is 11.3 Å². The molecule has 4 heterocycles. The SMILES string of the molecule is N#Cc1ccc(-c2cc(C(=O)N3C4CCC3CC(N)C4)sc2-c2cc3n[nH]nc3cc2F)cc1F. The molecule has 0 saturated carbocycles. The molecule has 0 aliphatic carbocycles. The third kappa shape index (κ3) is 3.59. The Kier molecular flexibility index (Phi) is 5.12. The van der Waals surface area contributed by atoms with Gasteiger partial charge in [0.2, 0.25) is 0 Å². The number of aromatic nitrogens is 3. The number of benzene rings is 2. The van der Waals surface area contributed by atoms with Crippen molar-refractivity contribution in [2.24, 2.45) is 5.73 Å². The van der Waals surface area contributed by atoms with Gasteiger partial charge in [0.05, 0.1) is 10.4 Å². The summed E-state index contributed by atoms with van der Waals surface area (Å²) in [7, 11) is 0. The molecule has 35 heavy (non-hydrogen) atoms. The molecular weight excluding hydrogens is 470 g/mol. The Morgan fingerprint density at radius 3 is 2.46 bits per heavy atom. The van der Waals surface area contributed by atoms with Crippen LogP contribution in [0.25, 0.3) is 32.6 Å². The molecule has 2 unspecified atom stereocenters. The van der Waals surface area contributed by atoms with E-state index in [1.807, 2.05) is 11.0 Å². The van der Waals surface area contributed by atoms with Crippen LogP contribution in [0.4, 0.5) is 8.78 Å². The van der Waals surface area contributed by atoms with Crippen LogP contribution in [-0.2, 0) is 0 Å². The molecule has 0 radical (unpaired) electrons. The number of thiophene rings is 1. The van der Waals surface area contributed by atoms with E-state index in [0.29, 0.717) is 31.9 Å². The maximum atomic E-state index is 15.2. The molecule has 176 valence electrons. The number of nitrogens with zero attached hydrogens (tertiary/aromatic N) is 4. The lowest BCUT2D eigenvalue weighted by Gasteiger charge is -2.37. The van der Waals surface area contributed by atoms with Crippen molar-refractivity contribution >= 4 is 28.3 Å². The predicted molar refractivity (Wildman–Crippen MR) is 127 cm³/mol. The number of H-pyrrole nitrogens is 1. The number of halogens is 2. The predicted octanol–water partition coefficient (Wildman–Crippen LogP) is 4.60. The summed E-state index contributed by atoms with van der Waals surface area (Å²) in [5.41, 5.74) is 8.17. The largest absolute Gasteiger partial charge is 0.332 e. The number of rotatable bonds is 3. The van der Waals surface area contributed by atoms with Gasteiger partial charge in [-0.2, -0.15) is 20.7 Å². The molecule has 0 spiro atoms. The van der Waals surface area contributed by atoms with Crippen LogP contribution < -0.4 is 5.73 Å². The molecule has 1 amide bonds. The minimum atomic E-state index is -0.675. The van der Waals surface area contributed by atoms with E-state index < -0.39 is 11.6 Å². The Morgan fingerprint density at radius 2 is 1.77 bits per heavy atom. The average Bonchev–Trinajstić information content (AvgIpc) is 3.54. The van der Waals surface area contributed by atoms with E-state index in [4.69, 9.17) is 11.0 Å². The second-order valence-corrected chi connectivity index (χ2v) is 10.2. The van der Waals surface area contributed by atoms with E-state index >= 15 is 4.39 Å². The van der Waals surface area contributed by atoms with Crippen LogP contribution in [0, 0.1) is 23.0 Å². The van der Waals surface area contributed by atoms with Gasteiger partial charge >= 0.3 is 0 Å². The van der Waals surface area contributed by atoms with Crippen LogP contribution in [0.15, 0.2) is 36.4 Å². The Morgan fingerprint density at radius 1 is 1.06 bits per heavy atom. The first-order valence-corrected chi connectivity index (χ1v) is 12.2. The molecule has 4 aromatic rings. The Hall–Kier alpha value is -3.68. The highest BCUT2D eigenvalue weighted by Gasteiger charge is 2.43. The molecule has 7 nitrogen and oxygen atoms in total. The van der Waals surface area contributed by atoms with Crippen molar-refractivity contribution in [3.8, 4) is 27.6 Å². The molecule has 2 fully saturated rings. The zero-order valence-corrected chi connectivity index (χ0v) is 19.3. The summed E-state index contributed by atoms with van der Waals surface area (Å²) < 4.78 is 29.7. The van der Waals surface area contributed by atoms with Crippen molar-refractivity contribution in [3.05, 3.63) is 58.5 Å². The van der Waals surface area contributed by atoms with Gasteiger partial charge in [0.15, 0.2) is 0 Å². The highest BCUT2D eigenvalue weighted by atomic mass is 32.1. The van der Waals surface area contributed by atoms with E-state index in [0.717, 1.165) is 25.7 Å². The molecule has 2 atom stereocenters. The van der Waals surface area contributed by atoms with Gasteiger partial charge in [0.25, 0.3) is 5.91 Å². The van der Waals surface area contributed by atoms with E-state index in [1.165, 1.54) is 29.5 Å². The number of nitrogens with two attached hydrogens (primary N) is 1. The lowest BCUT2D eigenvalue weighted by atomic mass is 9.97. The fourth-order valence-corrected chi connectivity index (χ4v) is 6.54. The molecule has 2 aromatic carbocycles. The molecular formula is C25H20F2N6OS. The molecule has 2 aliphatic heterocycles. The van der Waals surface area contributed by atoms with E-state index in [2.05, 4.69) is 15.4 Å². The lowest BCUT2D eigenvalue weighted by Crippen LogP contribution is -2.49. The van der Waals surface area contributed by atoms with Gasteiger partial charge in [0, 0.05) is 40.2 Å². The number of hydrogen-bond donors (Lipinski definition) is 2. The summed E-state index contributed by atoms with van der Waals surface area (Å²) >= 11 is 1.17. The number of carbonyl (C=O) groups is 1. The Labute approximate surface area is 203 Å². The first-order chi connectivity index (χ1) is 16.9. The average molecular weight is 491 g/mol. The van der Waals surface area contributed by atoms with Crippen LogP contribution in [0.5, 0.6) is 0 Å². The number of fused-ring (bicyclic) bond motifs is 3. The third-order valence-electron chi connectivity index (χ3n) is 7.00. The molecule has 6 rings (SSSR count). The third-order valence-corrected chi connectivity index (χ3v) is 8.15. The number of hydrogen-bond acceptors (Lipinski definition) is 6. The summed E-state index contributed by atoms with van der Waals surface area (Å²) in [5, 5.41) is 19.6. The number of amides is 1. The summed E-state index contributed by atoms with van der Waals surface area (Å²) in [6, 6.07) is 10.9. The summed E-state index contributed by atoms with van der Waals surface area (Å²) in [6.07, 6.45) is 3.39. The summed E-state index contributed by atoms with van der Waals surface area (Å²) in [5.74, 6) is -1.31. The number of aromatic amines is 1. The molecule has 2 saturated heterocycles. The van der Waals surface area contributed by atoms with Crippen molar-refractivity contribution in [3.63, 3.8) is 0 Å². The number of carbonyl (C=O) groups excluding carboxylic acids is 1. The van der Waals surface area contributed by atoms with Gasteiger partial charge in [-0.1, -0.05) is 6.07 Å². The number of nitrogens with one attached hydrogen (secondary N) is 1. The topological polar surface area (TPSA) is 112 Å². The number of nitriles is 1. The van der Waals surface area contributed by atoms with Gasteiger partial charge < -0.3 is 10.6 Å². The smallest absolute Gasteiger partial charge is 0.264 e. The minimum Gasteiger partial charge on any atom is -0.332 e. The highest BCUT2D eigenvalue weighted by molar-refractivity contribution is 7.18. The standard InChI is InChI=1S/C25H20F2N6OS/c26-19-5-12(1-2-13(19)11-28)17-9-23(25(34)33-15-3-4-16(33)7-14(29)6-15)35-24(17)18-8-21-22(10-20(18)27)31-32-30-21/h1-2,5,8-10,14-16H,3-4,6-7,29H2,(H,30,31,32). The second kappa shape index (κ2) is 8.22. The first-order valence-electron chi connectivity index (χ1n) is 11.4. The number of piperidine rings is 1. The summed E-state index contributed by atoms with van der Waals surface area (Å²) in [6.45, 7) is 0. The van der Waals surface area contributed by atoms with Crippen molar-refractivity contribution < 1.29 is 13.6 Å². The van der Waals surface area contributed by atoms with Crippen LogP contribution in [0.2, 0.25) is 0 Å². The molecule has 2 aromatic heterocycles. The quantitative estimate of drug-likeness (QED) is 0.436. The highest BCUT2D eigenvalue weighted by Crippen LogP contribution is 2.44. The van der Waals surface area contributed by atoms with Crippen LogP contribution in [0.1, 0.15) is 40.9 Å². The van der Waals surface area contributed by atoms with Crippen LogP contribution >= 0.6 is 11.3 Å². The van der Waals surface area contributed by atoms with Gasteiger partial charge in [-0.05, 0) is 55.5 Å². The van der Waals surface area contributed by atoms with Crippen molar-refractivity contribution in [1.82, 2.24) is 20.3 Å². The van der Waals surface area contributed by atoms with E-state index in [1.54, 1.807) is 18.2 Å². The van der Waals surface area contributed by atoms with Gasteiger partial charge in [0.1, 0.15) is 28.7 Å². The minimum absolute atomic E-state index is 0.0849. The van der Waals surface area contributed by atoms with E-state index in [-0.39, 0.29) is 35.2 Å². The Balaban J connectivity index is 1.49. The van der Waals surface area contributed by atoms with Crippen LogP contribution in [0.3, 0.4) is 0 Å². The molecule has 10 heteroatoms. The molecule has 2 aliphatic rings. The molecule has 2 bridgehead atoms. The van der Waals surface area contributed by atoms with Crippen molar-refractivity contribution in [2.45, 2.75) is 43.8 Å². The maximum absolute atomic E-state index is 15.2. The second-order valence-electron chi connectivity index (χ2n) is 9.13. The van der Waals surface area contributed by atoms with Gasteiger partial charge in [-0.3, -0.25) is 4.79 Å². The van der Waals surface area contributed by atoms with Crippen molar-refractivity contribution in [2.75, 3.05) is 0 Å². The normalized spacial score (nSPS) is 21.4. The zero-order chi connectivity index (χ0) is 24.3. The summed E-state index contributed by atoms with van der Waals surface area (Å²) in [4.78, 5) is 16.5. The van der Waals surface area contributed by atoms with Crippen LogP contribution in [-0.4, -0.2) is 44.3 Å². The van der Waals surface area contributed by atoms with E-state index in [9.17, 15) is 9.18 Å². The maximum Gasteiger partial charge on any atom is 0.264 e. The van der Waals surface area contributed by atoms with Gasteiger partial charge in [-0.25, -0.2) is 8.78 Å². The Bertz CT molecular complexity index is 1510. The van der Waals surface area contributed by atoms with Crippen molar-refractivity contribution in [1.29, 1.82) is 5.26 Å². The fourth-order valence-electron chi connectivity index (χ4n) is 5.40. The fraction of sp³-hybridized carbons (Fsp3) is 0.280. The monoisotopic (exact) mass is 490 g/mol. The molecule has 3 N–H and O–H groups in total.